The fraction of sp³-hybridized carbons (Fsp3) is 0.133. The van der Waals surface area contributed by atoms with Gasteiger partial charge in [0.25, 0.3) is 0 Å². The monoisotopic (exact) mass is 295 g/mol. The average Bonchev–Trinajstić information content (AvgIpc) is 2.37. The Labute approximate surface area is 119 Å². The number of hydrogen-bond acceptors (Lipinski definition) is 1. The summed E-state index contributed by atoms with van der Waals surface area (Å²) in [7, 11) is 0. The Bertz CT molecular complexity index is 679. The predicted molar refractivity (Wildman–Crippen MR) is 71.3 cm³/mol. The first-order valence-corrected chi connectivity index (χ1v) is 6.09. The first-order chi connectivity index (χ1) is 9.34. The van der Waals surface area contributed by atoms with Gasteiger partial charge in [-0.1, -0.05) is 29.8 Å². The van der Waals surface area contributed by atoms with Crippen molar-refractivity contribution in [2.75, 3.05) is 0 Å². The lowest BCUT2D eigenvalue weighted by Gasteiger charge is -2.13. The maximum absolute atomic E-state index is 12.9. The van der Waals surface area contributed by atoms with Crippen LogP contribution in [0.5, 0.6) is 0 Å². The average molecular weight is 296 g/mol. The fourth-order valence-corrected chi connectivity index (χ4v) is 2.36. The van der Waals surface area contributed by atoms with E-state index in [4.69, 9.17) is 16.9 Å². The molecule has 0 aliphatic heterocycles. The maximum atomic E-state index is 12.9. The standard InChI is InChI=1S/C15H9ClF3N/c1-9-3-2-4-13(16)14(9)10-5-6-11(8-20)12(7-10)15(17,18)19/h2-7H,1H3. The molecule has 2 aromatic rings. The van der Waals surface area contributed by atoms with Crippen LogP contribution in [0.2, 0.25) is 5.02 Å². The summed E-state index contributed by atoms with van der Waals surface area (Å²) in [4.78, 5) is 0. The van der Waals surface area contributed by atoms with E-state index < -0.39 is 17.3 Å². The van der Waals surface area contributed by atoms with Crippen LogP contribution in [0, 0.1) is 18.3 Å². The molecule has 2 rings (SSSR count). The molecule has 1 nitrogen and oxygen atoms in total. The highest BCUT2D eigenvalue weighted by Crippen LogP contribution is 2.37. The number of aryl methyl sites for hydroxylation is 1. The Balaban J connectivity index is 2.70. The van der Waals surface area contributed by atoms with Gasteiger partial charge in [0, 0.05) is 10.6 Å². The van der Waals surface area contributed by atoms with Crippen molar-refractivity contribution < 1.29 is 13.2 Å². The first-order valence-electron chi connectivity index (χ1n) is 5.71. The Morgan fingerprint density at radius 3 is 2.40 bits per heavy atom. The zero-order valence-electron chi connectivity index (χ0n) is 10.4. The summed E-state index contributed by atoms with van der Waals surface area (Å²) in [5, 5.41) is 9.15. The largest absolute Gasteiger partial charge is 0.417 e. The van der Waals surface area contributed by atoms with E-state index in [-0.39, 0.29) is 0 Å². The van der Waals surface area contributed by atoms with Gasteiger partial charge in [0.1, 0.15) is 0 Å². The van der Waals surface area contributed by atoms with Gasteiger partial charge in [-0.05, 0) is 36.2 Å². The lowest BCUT2D eigenvalue weighted by Crippen LogP contribution is -2.08. The van der Waals surface area contributed by atoms with Gasteiger partial charge < -0.3 is 0 Å². The quantitative estimate of drug-likeness (QED) is 0.709. The first kappa shape index (κ1) is 14.4. The Morgan fingerprint density at radius 1 is 1.15 bits per heavy atom. The van der Waals surface area contributed by atoms with Gasteiger partial charge in [-0.2, -0.15) is 18.4 Å². The van der Waals surface area contributed by atoms with E-state index in [9.17, 15) is 13.2 Å². The van der Waals surface area contributed by atoms with Crippen LogP contribution < -0.4 is 0 Å². The summed E-state index contributed by atoms with van der Waals surface area (Å²) in [6.45, 7) is 1.77. The van der Waals surface area contributed by atoms with E-state index >= 15 is 0 Å². The van der Waals surface area contributed by atoms with Crippen LogP contribution in [0.3, 0.4) is 0 Å². The third-order valence-corrected chi connectivity index (χ3v) is 3.27. The molecule has 0 bridgehead atoms. The molecule has 0 spiro atoms. The van der Waals surface area contributed by atoms with Gasteiger partial charge in [-0.25, -0.2) is 0 Å². The highest BCUT2D eigenvalue weighted by molar-refractivity contribution is 6.33. The topological polar surface area (TPSA) is 23.8 Å². The van der Waals surface area contributed by atoms with Crippen LogP contribution in [0.15, 0.2) is 36.4 Å². The fourth-order valence-electron chi connectivity index (χ4n) is 2.03. The van der Waals surface area contributed by atoms with Gasteiger partial charge in [-0.3, -0.25) is 0 Å². The normalized spacial score (nSPS) is 11.2. The smallest absolute Gasteiger partial charge is 0.192 e. The third kappa shape index (κ3) is 2.63. The second-order valence-electron chi connectivity index (χ2n) is 4.30. The number of alkyl halides is 3. The minimum atomic E-state index is -4.57. The molecule has 0 N–H and O–H groups in total. The van der Waals surface area contributed by atoms with E-state index in [2.05, 4.69) is 0 Å². The van der Waals surface area contributed by atoms with E-state index in [1.54, 1.807) is 31.2 Å². The number of hydrogen-bond donors (Lipinski definition) is 0. The van der Waals surface area contributed by atoms with Crippen molar-refractivity contribution in [1.82, 2.24) is 0 Å². The van der Waals surface area contributed by atoms with E-state index in [1.807, 2.05) is 0 Å². The van der Waals surface area contributed by atoms with Crippen molar-refractivity contribution in [3.63, 3.8) is 0 Å². The van der Waals surface area contributed by atoms with Crippen molar-refractivity contribution >= 4 is 11.6 Å². The molecule has 0 fully saturated rings. The van der Waals surface area contributed by atoms with E-state index in [0.717, 1.165) is 11.6 Å². The highest BCUT2D eigenvalue weighted by atomic mass is 35.5. The van der Waals surface area contributed by atoms with E-state index in [1.165, 1.54) is 12.1 Å². The molecule has 5 heteroatoms. The minimum Gasteiger partial charge on any atom is -0.192 e. The second-order valence-corrected chi connectivity index (χ2v) is 4.71. The van der Waals surface area contributed by atoms with Crippen LogP contribution in [-0.4, -0.2) is 0 Å². The minimum absolute atomic E-state index is 0.347. The molecule has 0 radical (unpaired) electrons. The lowest BCUT2D eigenvalue weighted by molar-refractivity contribution is -0.137. The summed E-state index contributed by atoms with van der Waals surface area (Å²) < 4.78 is 38.8. The van der Waals surface area contributed by atoms with Crippen molar-refractivity contribution in [2.24, 2.45) is 0 Å². The molecular weight excluding hydrogens is 287 g/mol. The Morgan fingerprint density at radius 2 is 1.85 bits per heavy atom. The molecular formula is C15H9ClF3N. The molecule has 0 saturated carbocycles. The Kier molecular flexibility index (Phi) is 3.74. The summed E-state index contributed by atoms with van der Waals surface area (Å²) in [5.41, 5.74) is 0.321. The molecule has 0 atom stereocenters. The molecule has 0 saturated heterocycles. The molecule has 0 heterocycles. The zero-order chi connectivity index (χ0) is 14.9. The summed E-state index contributed by atoms with van der Waals surface area (Å²) in [6.07, 6.45) is -4.57. The number of halogens is 4. The number of nitrogens with zero attached hydrogens (tertiary/aromatic N) is 1. The second kappa shape index (κ2) is 5.18. The molecule has 102 valence electrons. The van der Waals surface area contributed by atoms with Crippen molar-refractivity contribution in [3.05, 3.63) is 58.1 Å². The van der Waals surface area contributed by atoms with Crippen molar-refractivity contribution in [1.29, 1.82) is 5.26 Å². The molecule has 0 aliphatic rings. The summed E-state index contributed by atoms with van der Waals surface area (Å²) in [5.74, 6) is 0. The van der Waals surface area contributed by atoms with Crippen LogP contribution in [-0.2, 0) is 6.18 Å². The zero-order valence-corrected chi connectivity index (χ0v) is 11.2. The summed E-state index contributed by atoms with van der Waals surface area (Å²) >= 11 is 6.06. The third-order valence-electron chi connectivity index (χ3n) is 2.96. The van der Waals surface area contributed by atoms with Gasteiger partial charge >= 0.3 is 6.18 Å². The van der Waals surface area contributed by atoms with Gasteiger partial charge in [0.2, 0.25) is 0 Å². The lowest BCUT2D eigenvalue weighted by atomic mass is 9.96. The van der Waals surface area contributed by atoms with Crippen LogP contribution in [0.25, 0.3) is 11.1 Å². The SMILES string of the molecule is Cc1cccc(Cl)c1-c1ccc(C#N)c(C(F)(F)F)c1. The Hall–Kier alpha value is -1.99. The molecule has 0 unspecified atom stereocenters. The molecule has 0 aliphatic carbocycles. The van der Waals surface area contributed by atoms with E-state index in [0.29, 0.717) is 16.1 Å². The predicted octanol–water partition coefficient (Wildman–Crippen LogP) is 5.21. The van der Waals surface area contributed by atoms with Gasteiger partial charge in [0.15, 0.2) is 0 Å². The van der Waals surface area contributed by atoms with Gasteiger partial charge in [-0.15, -0.1) is 0 Å². The van der Waals surface area contributed by atoms with Crippen molar-refractivity contribution in [2.45, 2.75) is 13.1 Å². The van der Waals surface area contributed by atoms with Crippen LogP contribution in [0.1, 0.15) is 16.7 Å². The number of nitriles is 1. The molecule has 2 aromatic carbocycles. The van der Waals surface area contributed by atoms with Crippen LogP contribution >= 0.6 is 11.6 Å². The maximum Gasteiger partial charge on any atom is 0.417 e. The van der Waals surface area contributed by atoms with Crippen molar-refractivity contribution in [3.8, 4) is 17.2 Å². The molecule has 0 amide bonds. The summed E-state index contributed by atoms with van der Waals surface area (Å²) in [6, 6.07) is 10.3. The number of rotatable bonds is 1. The molecule has 0 aromatic heterocycles. The highest BCUT2D eigenvalue weighted by Gasteiger charge is 2.34. The molecule has 20 heavy (non-hydrogen) atoms. The number of benzene rings is 2. The van der Waals surface area contributed by atoms with Gasteiger partial charge in [0.05, 0.1) is 17.2 Å². The van der Waals surface area contributed by atoms with Crippen LogP contribution in [0.4, 0.5) is 13.2 Å².